The molecule has 1 heterocycles. The first-order valence-corrected chi connectivity index (χ1v) is 6.72. The number of hydrogen-bond donors (Lipinski definition) is 1. The first-order chi connectivity index (χ1) is 7.70. The van der Waals surface area contributed by atoms with Gasteiger partial charge in [0, 0.05) is 19.2 Å². The van der Waals surface area contributed by atoms with Gasteiger partial charge in [0.2, 0.25) is 0 Å². The molecule has 0 aromatic heterocycles. The van der Waals surface area contributed by atoms with Crippen LogP contribution in [-0.4, -0.2) is 50.3 Å². The van der Waals surface area contributed by atoms with Gasteiger partial charge in [-0.3, -0.25) is 0 Å². The van der Waals surface area contributed by atoms with Crippen molar-refractivity contribution in [1.29, 1.82) is 0 Å². The molecule has 1 rings (SSSR count). The summed E-state index contributed by atoms with van der Waals surface area (Å²) in [7, 11) is 2.20. The summed E-state index contributed by atoms with van der Waals surface area (Å²) in [5, 5.41) is 3.49. The third kappa shape index (κ3) is 5.83. The number of hydrogen-bond acceptors (Lipinski definition) is 3. The third-order valence-electron chi connectivity index (χ3n) is 3.39. The Morgan fingerprint density at radius 1 is 1.38 bits per heavy atom. The van der Waals surface area contributed by atoms with E-state index in [-0.39, 0.29) is 0 Å². The molecule has 1 N–H and O–H groups in total. The highest BCUT2D eigenvalue weighted by Crippen LogP contribution is 2.10. The van der Waals surface area contributed by atoms with Gasteiger partial charge in [-0.15, -0.1) is 0 Å². The summed E-state index contributed by atoms with van der Waals surface area (Å²) in [4.78, 5) is 2.40. The monoisotopic (exact) mass is 228 g/mol. The number of nitrogens with one attached hydrogen (secondary N) is 1. The normalized spacial score (nSPS) is 21.2. The highest BCUT2D eigenvalue weighted by Gasteiger charge is 2.14. The molecule has 16 heavy (non-hydrogen) atoms. The zero-order chi connectivity index (χ0) is 11.8. The van der Waals surface area contributed by atoms with E-state index in [9.17, 15) is 0 Å². The maximum absolute atomic E-state index is 5.56. The fraction of sp³-hybridized carbons (Fsp3) is 1.00. The summed E-state index contributed by atoms with van der Waals surface area (Å²) in [6, 6.07) is 0.667. The molecule has 3 nitrogen and oxygen atoms in total. The van der Waals surface area contributed by atoms with E-state index in [0.29, 0.717) is 12.1 Å². The molecule has 0 amide bonds. The fourth-order valence-corrected chi connectivity index (χ4v) is 1.94. The Morgan fingerprint density at radius 3 is 2.81 bits per heavy atom. The van der Waals surface area contributed by atoms with Gasteiger partial charge in [-0.1, -0.05) is 0 Å². The van der Waals surface area contributed by atoms with Crippen molar-refractivity contribution in [3.8, 4) is 0 Å². The Kier molecular flexibility index (Phi) is 7.01. The quantitative estimate of drug-likeness (QED) is 0.642. The second kappa shape index (κ2) is 8.04. The smallest absolute Gasteiger partial charge is 0.0700 e. The van der Waals surface area contributed by atoms with E-state index in [1.54, 1.807) is 0 Å². The van der Waals surface area contributed by atoms with E-state index in [0.717, 1.165) is 19.7 Å². The van der Waals surface area contributed by atoms with Crippen LogP contribution in [0.25, 0.3) is 0 Å². The number of nitrogens with zero attached hydrogens (tertiary/aromatic N) is 1. The molecular formula is C13H28N2O. The SMILES string of the molecule is CC(C)N(C)CCCCNCC1CCCO1. The molecule has 1 unspecified atom stereocenters. The number of unbranched alkanes of at least 4 members (excludes halogenated alkanes) is 1. The van der Waals surface area contributed by atoms with Gasteiger partial charge in [0.1, 0.15) is 0 Å². The minimum atomic E-state index is 0.485. The maximum Gasteiger partial charge on any atom is 0.0700 e. The Hall–Kier alpha value is -0.120. The Morgan fingerprint density at radius 2 is 2.19 bits per heavy atom. The molecule has 0 radical (unpaired) electrons. The Labute approximate surface area is 101 Å². The maximum atomic E-state index is 5.56. The average molecular weight is 228 g/mol. The van der Waals surface area contributed by atoms with Gasteiger partial charge in [-0.25, -0.2) is 0 Å². The summed E-state index contributed by atoms with van der Waals surface area (Å²) in [5.41, 5.74) is 0. The number of rotatable bonds is 8. The lowest BCUT2D eigenvalue weighted by Crippen LogP contribution is -2.29. The highest BCUT2D eigenvalue weighted by atomic mass is 16.5. The lowest BCUT2D eigenvalue weighted by molar-refractivity contribution is 0.110. The molecule has 0 bridgehead atoms. The Balaban J connectivity index is 1.84. The van der Waals surface area contributed by atoms with E-state index in [4.69, 9.17) is 4.74 Å². The Bertz CT molecular complexity index is 161. The average Bonchev–Trinajstić information content (AvgIpc) is 2.75. The predicted molar refractivity (Wildman–Crippen MR) is 68.8 cm³/mol. The zero-order valence-electron chi connectivity index (χ0n) is 11.2. The summed E-state index contributed by atoms with van der Waals surface area (Å²) in [6.07, 6.45) is 5.52. The van der Waals surface area contributed by atoms with Crippen LogP contribution in [0.4, 0.5) is 0 Å². The molecule has 1 aliphatic rings. The minimum Gasteiger partial charge on any atom is -0.377 e. The van der Waals surface area contributed by atoms with Crippen LogP contribution in [0.3, 0.4) is 0 Å². The van der Waals surface area contributed by atoms with Crippen LogP contribution in [0.5, 0.6) is 0 Å². The van der Waals surface area contributed by atoms with Gasteiger partial charge < -0.3 is 15.0 Å². The van der Waals surface area contributed by atoms with E-state index in [1.807, 2.05) is 0 Å². The van der Waals surface area contributed by atoms with Crippen LogP contribution in [0.2, 0.25) is 0 Å². The lowest BCUT2D eigenvalue weighted by Gasteiger charge is -2.20. The van der Waals surface area contributed by atoms with Crippen molar-refractivity contribution >= 4 is 0 Å². The molecule has 0 aromatic carbocycles. The van der Waals surface area contributed by atoms with Crippen LogP contribution in [0.1, 0.15) is 39.5 Å². The molecule has 3 heteroatoms. The van der Waals surface area contributed by atoms with E-state index < -0.39 is 0 Å². The van der Waals surface area contributed by atoms with E-state index >= 15 is 0 Å². The fourth-order valence-electron chi connectivity index (χ4n) is 1.94. The second-order valence-corrected chi connectivity index (χ2v) is 5.12. The molecule has 0 aliphatic carbocycles. The van der Waals surface area contributed by atoms with Gasteiger partial charge in [0.15, 0.2) is 0 Å². The van der Waals surface area contributed by atoms with Crippen molar-refractivity contribution < 1.29 is 4.74 Å². The van der Waals surface area contributed by atoms with Crippen LogP contribution in [-0.2, 0) is 4.74 Å². The molecule has 0 saturated carbocycles. The summed E-state index contributed by atoms with van der Waals surface area (Å²) in [5.74, 6) is 0. The largest absolute Gasteiger partial charge is 0.377 e. The van der Waals surface area contributed by atoms with Gasteiger partial charge in [0.25, 0.3) is 0 Å². The molecule has 0 spiro atoms. The van der Waals surface area contributed by atoms with E-state index in [2.05, 4.69) is 31.1 Å². The summed E-state index contributed by atoms with van der Waals surface area (Å²) in [6.45, 7) is 8.84. The van der Waals surface area contributed by atoms with Crippen LogP contribution in [0.15, 0.2) is 0 Å². The van der Waals surface area contributed by atoms with Gasteiger partial charge in [0.05, 0.1) is 6.10 Å². The van der Waals surface area contributed by atoms with Gasteiger partial charge in [-0.05, 0) is 59.7 Å². The van der Waals surface area contributed by atoms with Crippen molar-refractivity contribution in [2.24, 2.45) is 0 Å². The van der Waals surface area contributed by atoms with Crippen molar-refractivity contribution in [2.45, 2.75) is 51.7 Å². The molecule has 96 valence electrons. The standard InChI is InChI=1S/C13H28N2O/c1-12(2)15(3)9-5-4-8-14-11-13-7-6-10-16-13/h12-14H,4-11H2,1-3H3. The van der Waals surface area contributed by atoms with Crippen LogP contribution < -0.4 is 5.32 Å². The molecule has 0 aromatic rings. The first kappa shape index (κ1) is 13.9. The topological polar surface area (TPSA) is 24.5 Å². The van der Waals surface area contributed by atoms with Crippen molar-refractivity contribution in [3.05, 3.63) is 0 Å². The van der Waals surface area contributed by atoms with Gasteiger partial charge >= 0.3 is 0 Å². The minimum absolute atomic E-state index is 0.485. The van der Waals surface area contributed by atoms with Crippen molar-refractivity contribution in [1.82, 2.24) is 10.2 Å². The predicted octanol–water partition coefficient (Wildman–Crippen LogP) is 1.88. The molecule has 1 saturated heterocycles. The third-order valence-corrected chi connectivity index (χ3v) is 3.39. The van der Waals surface area contributed by atoms with Crippen LogP contribution >= 0.6 is 0 Å². The highest BCUT2D eigenvalue weighted by molar-refractivity contribution is 4.67. The van der Waals surface area contributed by atoms with Crippen molar-refractivity contribution in [2.75, 3.05) is 33.3 Å². The summed E-state index contributed by atoms with van der Waals surface area (Å²) >= 11 is 0. The van der Waals surface area contributed by atoms with Crippen molar-refractivity contribution in [3.63, 3.8) is 0 Å². The molecule has 1 atom stereocenters. The van der Waals surface area contributed by atoms with Gasteiger partial charge in [-0.2, -0.15) is 0 Å². The molecule has 1 aliphatic heterocycles. The number of ether oxygens (including phenoxy) is 1. The van der Waals surface area contributed by atoms with Crippen LogP contribution in [0, 0.1) is 0 Å². The summed E-state index contributed by atoms with van der Waals surface area (Å²) < 4.78 is 5.56. The zero-order valence-corrected chi connectivity index (χ0v) is 11.2. The molecule has 1 fully saturated rings. The lowest BCUT2D eigenvalue weighted by atomic mass is 10.2. The van der Waals surface area contributed by atoms with E-state index in [1.165, 1.54) is 32.2 Å². The first-order valence-electron chi connectivity index (χ1n) is 6.72. The molecular weight excluding hydrogens is 200 g/mol. The second-order valence-electron chi connectivity index (χ2n) is 5.12.